The van der Waals surface area contributed by atoms with E-state index in [1.165, 1.54) is 11.9 Å². The van der Waals surface area contributed by atoms with Crippen LogP contribution in [-0.2, 0) is 14.8 Å². The van der Waals surface area contributed by atoms with Gasteiger partial charge in [0, 0.05) is 19.1 Å². The highest BCUT2D eigenvalue weighted by Crippen LogP contribution is 2.24. The van der Waals surface area contributed by atoms with Crippen molar-refractivity contribution in [2.45, 2.75) is 19.4 Å². The highest BCUT2D eigenvalue weighted by molar-refractivity contribution is 7.89. The number of rotatable bonds is 5. The van der Waals surface area contributed by atoms with Gasteiger partial charge in [0.25, 0.3) is 0 Å². The van der Waals surface area contributed by atoms with Crippen LogP contribution in [0.2, 0.25) is 0 Å². The molecule has 0 aliphatic carbocycles. The molecule has 2 amide bonds. The van der Waals surface area contributed by atoms with Crippen molar-refractivity contribution in [1.29, 1.82) is 0 Å². The molecule has 0 aromatic carbocycles. The highest BCUT2D eigenvalue weighted by Gasteiger charge is 2.37. The maximum Gasteiger partial charge on any atom is 0.317 e. The lowest BCUT2D eigenvalue weighted by Crippen LogP contribution is -2.45. The molecular formula is C10H19N3O5S. The molecule has 110 valence electrons. The number of hydrogen-bond acceptors (Lipinski definition) is 4. The third-order valence-corrected chi connectivity index (χ3v) is 4.65. The number of carbonyl (C=O) groups excluding carboxylic acids is 1. The number of carboxylic acids is 1. The number of carboxylic acid groups (broad SMARTS) is 1. The predicted octanol–water partition coefficient (Wildman–Crippen LogP) is -0.960. The van der Waals surface area contributed by atoms with Gasteiger partial charge in [-0.3, -0.25) is 4.79 Å². The maximum absolute atomic E-state index is 11.8. The second-order valence-corrected chi connectivity index (χ2v) is 6.47. The molecule has 1 fully saturated rings. The zero-order chi connectivity index (χ0) is 14.6. The Morgan fingerprint density at radius 1 is 1.42 bits per heavy atom. The molecule has 1 heterocycles. The zero-order valence-corrected chi connectivity index (χ0v) is 11.7. The summed E-state index contributed by atoms with van der Waals surface area (Å²) in [5.41, 5.74) is 0. The van der Waals surface area contributed by atoms with Crippen LogP contribution >= 0.6 is 0 Å². The third-order valence-electron chi connectivity index (χ3n) is 3.29. The minimum Gasteiger partial charge on any atom is -0.481 e. The number of hydrogen-bond donors (Lipinski definition) is 3. The Morgan fingerprint density at radius 3 is 2.53 bits per heavy atom. The molecule has 3 N–H and O–H groups in total. The highest BCUT2D eigenvalue weighted by atomic mass is 32.2. The van der Waals surface area contributed by atoms with Crippen molar-refractivity contribution in [2.24, 2.45) is 5.92 Å². The van der Waals surface area contributed by atoms with Crippen molar-refractivity contribution in [2.75, 3.05) is 25.9 Å². The number of aliphatic carboxylic acids is 1. The molecule has 8 nitrogen and oxygen atoms in total. The van der Waals surface area contributed by atoms with E-state index in [-0.39, 0.29) is 12.3 Å². The Hall–Kier alpha value is -1.35. The molecule has 0 saturated carbocycles. The van der Waals surface area contributed by atoms with Gasteiger partial charge in [0.2, 0.25) is 10.0 Å². The molecule has 1 aliphatic heterocycles. The van der Waals surface area contributed by atoms with Crippen molar-refractivity contribution in [3.8, 4) is 0 Å². The normalized spacial score (nSPS) is 23.4. The van der Waals surface area contributed by atoms with E-state index in [2.05, 4.69) is 10.0 Å². The summed E-state index contributed by atoms with van der Waals surface area (Å²) in [6.45, 7) is 2.03. The quantitative estimate of drug-likeness (QED) is 0.604. The molecule has 2 atom stereocenters. The van der Waals surface area contributed by atoms with Gasteiger partial charge in [0.1, 0.15) is 0 Å². The first-order valence-electron chi connectivity index (χ1n) is 5.97. The minimum absolute atomic E-state index is 0.0109. The summed E-state index contributed by atoms with van der Waals surface area (Å²) in [7, 11) is -2.05. The summed E-state index contributed by atoms with van der Waals surface area (Å²) < 4.78 is 24.5. The number of carbonyl (C=O) groups is 2. The lowest BCUT2D eigenvalue weighted by atomic mass is 10.0. The van der Waals surface area contributed by atoms with Crippen LogP contribution in [0.1, 0.15) is 13.3 Å². The van der Waals surface area contributed by atoms with Crippen molar-refractivity contribution in [3.63, 3.8) is 0 Å². The van der Waals surface area contributed by atoms with Gasteiger partial charge in [0.05, 0.1) is 11.7 Å². The monoisotopic (exact) mass is 293 g/mol. The van der Waals surface area contributed by atoms with Crippen LogP contribution in [0.4, 0.5) is 4.79 Å². The Labute approximate surface area is 112 Å². The standard InChI is InChI=1S/C10H19N3O5S/c1-7-8(9(14)15)3-5-13(7)10(16)12-4-6-19(17,18)11-2/h7-8,11H,3-6H2,1-2H3,(H,12,16)(H,14,15). The van der Waals surface area contributed by atoms with E-state index in [9.17, 15) is 18.0 Å². The third kappa shape index (κ3) is 4.06. The van der Waals surface area contributed by atoms with Gasteiger partial charge in [0.15, 0.2) is 0 Å². The molecule has 9 heteroatoms. The van der Waals surface area contributed by atoms with Gasteiger partial charge >= 0.3 is 12.0 Å². The summed E-state index contributed by atoms with van der Waals surface area (Å²) in [6, 6.07) is -0.819. The molecule has 1 rings (SSSR count). The smallest absolute Gasteiger partial charge is 0.317 e. The van der Waals surface area contributed by atoms with E-state index in [1.54, 1.807) is 6.92 Å². The molecule has 0 aromatic rings. The fourth-order valence-corrected chi connectivity index (χ4v) is 2.63. The zero-order valence-electron chi connectivity index (χ0n) is 10.9. The number of sulfonamides is 1. The first-order valence-corrected chi connectivity index (χ1v) is 7.62. The van der Waals surface area contributed by atoms with E-state index in [0.29, 0.717) is 13.0 Å². The predicted molar refractivity (Wildman–Crippen MR) is 68.2 cm³/mol. The van der Waals surface area contributed by atoms with Crippen molar-refractivity contribution < 1.29 is 23.1 Å². The first kappa shape index (κ1) is 15.7. The second-order valence-electron chi connectivity index (χ2n) is 4.42. The van der Waals surface area contributed by atoms with Gasteiger partial charge in [-0.05, 0) is 20.4 Å². The summed E-state index contributed by atoms with van der Waals surface area (Å²) in [5.74, 6) is -1.69. The van der Waals surface area contributed by atoms with Crippen molar-refractivity contribution in [1.82, 2.24) is 14.9 Å². The van der Waals surface area contributed by atoms with Crippen LogP contribution in [0.5, 0.6) is 0 Å². The molecule has 2 unspecified atom stereocenters. The molecule has 0 spiro atoms. The van der Waals surface area contributed by atoms with Gasteiger partial charge in [-0.1, -0.05) is 0 Å². The van der Waals surface area contributed by atoms with Gasteiger partial charge < -0.3 is 15.3 Å². The molecule has 1 saturated heterocycles. The lowest BCUT2D eigenvalue weighted by molar-refractivity contribution is -0.142. The van der Waals surface area contributed by atoms with Crippen LogP contribution in [-0.4, -0.2) is 62.4 Å². The van der Waals surface area contributed by atoms with Crippen LogP contribution in [0.25, 0.3) is 0 Å². The summed E-state index contributed by atoms with van der Waals surface area (Å²) in [6.07, 6.45) is 0.415. The summed E-state index contributed by atoms with van der Waals surface area (Å²) >= 11 is 0. The summed E-state index contributed by atoms with van der Waals surface area (Å²) in [4.78, 5) is 24.1. The Balaban J connectivity index is 2.45. The molecule has 0 radical (unpaired) electrons. The topological polar surface area (TPSA) is 116 Å². The van der Waals surface area contributed by atoms with E-state index < -0.39 is 34.0 Å². The van der Waals surface area contributed by atoms with Crippen molar-refractivity contribution in [3.05, 3.63) is 0 Å². The molecule has 0 aromatic heterocycles. The van der Waals surface area contributed by atoms with E-state index in [0.717, 1.165) is 0 Å². The fourth-order valence-electron chi connectivity index (χ4n) is 2.05. The second kappa shape index (κ2) is 6.20. The molecule has 19 heavy (non-hydrogen) atoms. The summed E-state index contributed by atoms with van der Waals surface area (Å²) in [5, 5.41) is 11.4. The van der Waals surface area contributed by atoms with E-state index in [4.69, 9.17) is 5.11 Å². The number of nitrogens with one attached hydrogen (secondary N) is 2. The Morgan fingerprint density at radius 2 is 2.05 bits per heavy atom. The lowest BCUT2D eigenvalue weighted by Gasteiger charge is -2.23. The fraction of sp³-hybridized carbons (Fsp3) is 0.800. The van der Waals surface area contributed by atoms with Crippen LogP contribution in [0, 0.1) is 5.92 Å². The van der Waals surface area contributed by atoms with Gasteiger partial charge in [-0.15, -0.1) is 0 Å². The van der Waals surface area contributed by atoms with Crippen molar-refractivity contribution >= 4 is 22.0 Å². The Bertz CT molecular complexity index is 450. The average molecular weight is 293 g/mol. The van der Waals surface area contributed by atoms with Gasteiger partial charge in [-0.25, -0.2) is 17.9 Å². The van der Waals surface area contributed by atoms with Crippen LogP contribution in [0.3, 0.4) is 0 Å². The van der Waals surface area contributed by atoms with Crippen LogP contribution in [0.15, 0.2) is 0 Å². The number of nitrogens with zero attached hydrogens (tertiary/aromatic N) is 1. The maximum atomic E-state index is 11.8. The largest absolute Gasteiger partial charge is 0.481 e. The molecule has 0 bridgehead atoms. The number of urea groups is 1. The molecule has 1 aliphatic rings. The van der Waals surface area contributed by atoms with Gasteiger partial charge in [-0.2, -0.15) is 0 Å². The average Bonchev–Trinajstić information content (AvgIpc) is 2.71. The van der Waals surface area contributed by atoms with E-state index in [1.807, 2.05) is 0 Å². The first-order chi connectivity index (χ1) is 8.78. The SMILES string of the molecule is CNS(=O)(=O)CCNC(=O)N1CCC(C(=O)O)C1C. The number of amides is 2. The Kier molecular flexibility index (Phi) is 5.12. The van der Waals surface area contributed by atoms with E-state index >= 15 is 0 Å². The minimum atomic E-state index is -3.35. The number of likely N-dealkylation sites (tertiary alicyclic amines) is 1. The molecular weight excluding hydrogens is 274 g/mol. The van der Waals surface area contributed by atoms with Crippen LogP contribution < -0.4 is 10.0 Å².